The van der Waals surface area contributed by atoms with Crippen molar-refractivity contribution < 1.29 is 14.7 Å². The van der Waals surface area contributed by atoms with Crippen molar-refractivity contribution in [1.82, 2.24) is 14.9 Å². The zero-order valence-corrected chi connectivity index (χ0v) is 11.9. The lowest BCUT2D eigenvalue weighted by Crippen LogP contribution is -2.56. The van der Waals surface area contributed by atoms with Crippen LogP contribution in [0.15, 0.2) is 18.5 Å². The molecule has 7 heteroatoms. The van der Waals surface area contributed by atoms with Crippen LogP contribution < -0.4 is 4.90 Å². The van der Waals surface area contributed by atoms with Gasteiger partial charge in [-0.2, -0.15) is 0 Å². The van der Waals surface area contributed by atoms with Crippen molar-refractivity contribution in [2.24, 2.45) is 5.92 Å². The zero-order valence-electron chi connectivity index (χ0n) is 11.9. The number of nitrogens with zero attached hydrogens (tertiary/aromatic N) is 4. The summed E-state index contributed by atoms with van der Waals surface area (Å²) >= 11 is 0. The summed E-state index contributed by atoms with van der Waals surface area (Å²) in [7, 11) is 1.72. The highest BCUT2D eigenvalue weighted by atomic mass is 16.4. The molecule has 0 aliphatic carbocycles. The fourth-order valence-electron chi connectivity index (χ4n) is 3.53. The van der Waals surface area contributed by atoms with Gasteiger partial charge in [0.1, 0.15) is 0 Å². The molecule has 2 fully saturated rings. The van der Waals surface area contributed by atoms with Crippen LogP contribution in [0.5, 0.6) is 0 Å². The zero-order chi connectivity index (χ0) is 15.0. The molecule has 1 aromatic rings. The van der Waals surface area contributed by atoms with E-state index < -0.39 is 17.4 Å². The molecule has 0 saturated carbocycles. The fraction of sp³-hybridized carbons (Fsp3) is 0.571. The van der Waals surface area contributed by atoms with Gasteiger partial charge < -0.3 is 14.9 Å². The van der Waals surface area contributed by atoms with Gasteiger partial charge in [-0.05, 0) is 18.9 Å². The number of carbonyl (C=O) groups excluding carboxylic acids is 1. The van der Waals surface area contributed by atoms with Crippen molar-refractivity contribution in [3.05, 3.63) is 18.5 Å². The molecule has 1 atom stereocenters. The van der Waals surface area contributed by atoms with Gasteiger partial charge in [-0.3, -0.25) is 9.59 Å². The molecule has 0 bridgehead atoms. The Labute approximate surface area is 122 Å². The Morgan fingerprint density at radius 1 is 1.33 bits per heavy atom. The first-order chi connectivity index (χ1) is 10.0. The van der Waals surface area contributed by atoms with Crippen LogP contribution in [0.4, 0.5) is 5.95 Å². The number of aliphatic carboxylic acids is 1. The van der Waals surface area contributed by atoms with E-state index in [9.17, 15) is 14.7 Å². The summed E-state index contributed by atoms with van der Waals surface area (Å²) in [5, 5.41) is 9.43. The molecule has 2 aliphatic rings. The molecule has 0 radical (unpaired) electrons. The second kappa shape index (κ2) is 4.98. The summed E-state index contributed by atoms with van der Waals surface area (Å²) in [5.41, 5.74) is -0.561. The summed E-state index contributed by atoms with van der Waals surface area (Å²) < 4.78 is 0. The van der Waals surface area contributed by atoms with E-state index >= 15 is 0 Å². The average Bonchev–Trinajstić information content (AvgIpc) is 2.75. The third-order valence-electron chi connectivity index (χ3n) is 4.83. The highest BCUT2D eigenvalue weighted by Gasteiger charge is 2.55. The fourth-order valence-corrected chi connectivity index (χ4v) is 3.53. The van der Waals surface area contributed by atoms with Crippen LogP contribution in [0.3, 0.4) is 0 Å². The molecule has 0 unspecified atom stereocenters. The number of amides is 1. The largest absolute Gasteiger partial charge is 0.481 e. The summed E-state index contributed by atoms with van der Waals surface area (Å²) in [6.45, 7) is 1.32. The molecule has 7 nitrogen and oxygen atoms in total. The maximum atomic E-state index is 11.9. The number of likely N-dealkylation sites (tertiary alicyclic amines) is 1. The number of hydrogen-bond acceptors (Lipinski definition) is 5. The molecule has 1 spiro atoms. The van der Waals surface area contributed by atoms with Crippen LogP contribution in [0.1, 0.15) is 19.3 Å². The number of anilines is 1. The van der Waals surface area contributed by atoms with Gasteiger partial charge in [0.05, 0.1) is 11.5 Å². The number of hydrogen-bond donors (Lipinski definition) is 1. The lowest BCUT2D eigenvalue weighted by molar-refractivity contribution is -0.145. The van der Waals surface area contributed by atoms with Gasteiger partial charge in [0.2, 0.25) is 11.9 Å². The van der Waals surface area contributed by atoms with Crippen LogP contribution in [0, 0.1) is 5.92 Å². The Kier molecular flexibility index (Phi) is 3.27. The van der Waals surface area contributed by atoms with Gasteiger partial charge in [0, 0.05) is 39.0 Å². The van der Waals surface area contributed by atoms with Crippen LogP contribution in [0.25, 0.3) is 0 Å². The maximum absolute atomic E-state index is 11.9. The third-order valence-corrected chi connectivity index (χ3v) is 4.83. The van der Waals surface area contributed by atoms with Crippen LogP contribution in [0.2, 0.25) is 0 Å². The summed E-state index contributed by atoms with van der Waals surface area (Å²) in [6, 6.07) is 1.76. The highest BCUT2D eigenvalue weighted by molar-refractivity contribution is 5.88. The van der Waals surface area contributed by atoms with Crippen LogP contribution in [-0.2, 0) is 9.59 Å². The van der Waals surface area contributed by atoms with Crippen molar-refractivity contribution >= 4 is 17.8 Å². The minimum absolute atomic E-state index is 0.0770. The first-order valence-corrected chi connectivity index (χ1v) is 7.06. The van der Waals surface area contributed by atoms with Crippen molar-refractivity contribution in [2.75, 3.05) is 25.0 Å². The van der Waals surface area contributed by atoms with Crippen molar-refractivity contribution in [3.63, 3.8) is 0 Å². The Hall–Kier alpha value is -2.18. The second-order valence-corrected chi connectivity index (χ2v) is 5.69. The number of carbonyl (C=O) groups is 2. The van der Waals surface area contributed by atoms with Gasteiger partial charge in [-0.25, -0.2) is 9.97 Å². The van der Waals surface area contributed by atoms with E-state index in [0.717, 1.165) is 0 Å². The number of carboxylic acids is 1. The molecule has 3 rings (SSSR count). The SMILES string of the molecule is CN1C(=O)C[C@H](C(=O)O)C12CCN(c1ncccn1)CC2. The Morgan fingerprint density at radius 3 is 2.52 bits per heavy atom. The minimum atomic E-state index is -0.878. The Balaban J connectivity index is 1.80. The monoisotopic (exact) mass is 290 g/mol. The van der Waals surface area contributed by atoms with E-state index in [2.05, 4.69) is 9.97 Å². The predicted molar refractivity (Wildman–Crippen MR) is 74.7 cm³/mol. The molecular formula is C14H18N4O3. The third kappa shape index (κ3) is 2.12. The van der Waals surface area contributed by atoms with Crippen LogP contribution >= 0.6 is 0 Å². The van der Waals surface area contributed by atoms with Gasteiger partial charge >= 0.3 is 5.97 Å². The van der Waals surface area contributed by atoms with Gasteiger partial charge in [-0.15, -0.1) is 0 Å². The lowest BCUT2D eigenvalue weighted by atomic mass is 9.77. The molecule has 2 saturated heterocycles. The van der Waals surface area contributed by atoms with E-state index in [0.29, 0.717) is 31.9 Å². The standard InChI is InChI=1S/C14H18N4O3/c1-17-11(19)9-10(12(20)21)14(17)3-7-18(8-4-14)13-15-5-2-6-16-13/h2,5-6,10H,3-4,7-9H2,1H3,(H,20,21)/t10-/m1/s1. The first kappa shape index (κ1) is 13.8. The van der Waals surface area contributed by atoms with E-state index in [1.165, 1.54) is 0 Å². The van der Waals surface area contributed by atoms with Crippen molar-refractivity contribution in [1.29, 1.82) is 0 Å². The number of carboxylic acid groups (broad SMARTS) is 1. The quantitative estimate of drug-likeness (QED) is 0.847. The summed E-state index contributed by atoms with van der Waals surface area (Å²) in [4.78, 5) is 35.6. The molecule has 2 aliphatic heterocycles. The Bertz CT molecular complexity index is 555. The average molecular weight is 290 g/mol. The van der Waals surface area contributed by atoms with Gasteiger partial charge in [0.15, 0.2) is 0 Å². The molecule has 1 aromatic heterocycles. The topological polar surface area (TPSA) is 86.6 Å². The second-order valence-electron chi connectivity index (χ2n) is 5.69. The van der Waals surface area contributed by atoms with E-state index in [4.69, 9.17) is 0 Å². The summed E-state index contributed by atoms with van der Waals surface area (Å²) in [5.74, 6) is -0.913. The van der Waals surface area contributed by atoms with Gasteiger partial charge in [0.25, 0.3) is 0 Å². The van der Waals surface area contributed by atoms with Gasteiger partial charge in [-0.1, -0.05) is 0 Å². The molecule has 0 aromatic carbocycles. The highest BCUT2D eigenvalue weighted by Crippen LogP contribution is 2.43. The molecule has 112 valence electrons. The van der Waals surface area contributed by atoms with E-state index in [-0.39, 0.29) is 12.3 Å². The molecular weight excluding hydrogens is 272 g/mol. The molecule has 21 heavy (non-hydrogen) atoms. The molecule has 1 N–H and O–H groups in total. The summed E-state index contributed by atoms with van der Waals surface area (Å²) in [6.07, 6.45) is 4.75. The van der Waals surface area contributed by atoms with Crippen LogP contribution in [-0.4, -0.2) is 57.5 Å². The number of piperidine rings is 1. The normalized spacial score (nSPS) is 24.6. The van der Waals surface area contributed by atoms with E-state index in [1.807, 2.05) is 4.90 Å². The lowest BCUT2D eigenvalue weighted by Gasteiger charge is -2.45. The minimum Gasteiger partial charge on any atom is -0.481 e. The maximum Gasteiger partial charge on any atom is 0.309 e. The van der Waals surface area contributed by atoms with Crippen molar-refractivity contribution in [2.45, 2.75) is 24.8 Å². The number of aromatic nitrogens is 2. The molecule has 1 amide bonds. The number of rotatable bonds is 2. The first-order valence-electron chi connectivity index (χ1n) is 7.06. The molecule has 3 heterocycles. The Morgan fingerprint density at radius 2 is 1.95 bits per heavy atom. The smallest absolute Gasteiger partial charge is 0.309 e. The van der Waals surface area contributed by atoms with E-state index in [1.54, 1.807) is 30.4 Å². The van der Waals surface area contributed by atoms with Crippen molar-refractivity contribution in [3.8, 4) is 0 Å². The predicted octanol–water partition coefficient (Wildman–Crippen LogP) is 0.379.